The third kappa shape index (κ3) is 4.91. The summed E-state index contributed by atoms with van der Waals surface area (Å²) < 4.78 is 0. The number of hydrogen-bond acceptors (Lipinski definition) is 2. The fourth-order valence-electron chi connectivity index (χ4n) is 2.60. The minimum atomic E-state index is 0.648. The summed E-state index contributed by atoms with van der Waals surface area (Å²) in [5, 5.41) is 0. The van der Waals surface area contributed by atoms with Crippen LogP contribution in [0.4, 0.5) is 0 Å². The molecule has 1 rings (SSSR count). The summed E-state index contributed by atoms with van der Waals surface area (Å²) in [6, 6.07) is 0. The molecule has 0 aliphatic carbocycles. The van der Waals surface area contributed by atoms with Gasteiger partial charge in [0.05, 0.1) is 0 Å². The summed E-state index contributed by atoms with van der Waals surface area (Å²) in [4.78, 5) is 5.13. The van der Waals surface area contributed by atoms with Gasteiger partial charge in [-0.05, 0) is 25.7 Å². The maximum atomic E-state index is 2.56. The Morgan fingerprint density at radius 3 is 1.67 bits per heavy atom. The van der Waals surface area contributed by atoms with Gasteiger partial charge in [0, 0.05) is 25.5 Å². The van der Waals surface area contributed by atoms with Crippen molar-refractivity contribution in [2.75, 3.05) is 13.1 Å². The molecule has 0 aromatic rings. The second kappa shape index (κ2) is 9.29. The van der Waals surface area contributed by atoms with Crippen LogP contribution in [-0.4, -0.2) is 29.1 Å². The first kappa shape index (κ1) is 15.4. The smallest absolute Gasteiger partial charge is 0.101 e. The molecule has 18 heavy (non-hydrogen) atoms. The highest BCUT2D eigenvalue weighted by molar-refractivity contribution is 4.96. The van der Waals surface area contributed by atoms with Crippen molar-refractivity contribution >= 4 is 0 Å². The van der Waals surface area contributed by atoms with Crippen LogP contribution in [0.5, 0.6) is 0 Å². The fraction of sp³-hybridized carbons (Fsp3) is 0.875. The van der Waals surface area contributed by atoms with Crippen LogP contribution in [0.1, 0.15) is 72.1 Å². The van der Waals surface area contributed by atoms with Gasteiger partial charge in [-0.15, -0.1) is 0 Å². The van der Waals surface area contributed by atoms with Crippen LogP contribution in [0.25, 0.3) is 0 Å². The Kier molecular flexibility index (Phi) is 7.95. The van der Waals surface area contributed by atoms with Gasteiger partial charge in [0.2, 0.25) is 0 Å². The number of nitrogens with zero attached hydrogens (tertiary/aromatic N) is 2. The Hall–Kier alpha value is -0.660. The van der Waals surface area contributed by atoms with Crippen molar-refractivity contribution in [2.24, 2.45) is 0 Å². The zero-order valence-corrected chi connectivity index (χ0v) is 12.7. The van der Waals surface area contributed by atoms with Gasteiger partial charge in [0.25, 0.3) is 0 Å². The molecule has 0 bridgehead atoms. The first-order chi connectivity index (χ1) is 8.83. The molecule has 1 heterocycles. The van der Waals surface area contributed by atoms with E-state index in [4.69, 9.17) is 0 Å². The van der Waals surface area contributed by atoms with E-state index >= 15 is 0 Å². The van der Waals surface area contributed by atoms with E-state index in [1.54, 1.807) is 0 Å². The van der Waals surface area contributed by atoms with Gasteiger partial charge in [-0.25, -0.2) is 0 Å². The van der Waals surface area contributed by atoms with Crippen molar-refractivity contribution < 1.29 is 0 Å². The molecule has 2 heteroatoms. The van der Waals surface area contributed by atoms with Crippen LogP contribution in [0.2, 0.25) is 0 Å². The summed E-state index contributed by atoms with van der Waals surface area (Å²) in [5.41, 5.74) is 0. The van der Waals surface area contributed by atoms with E-state index in [1.165, 1.54) is 64.5 Å². The molecule has 0 unspecified atom stereocenters. The maximum Gasteiger partial charge on any atom is 0.101 e. The molecule has 0 amide bonds. The molecule has 1 aliphatic rings. The van der Waals surface area contributed by atoms with Crippen molar-refractivity contribution in [3.8, 4) is 0 Å². The zero-order valence-electron chi connectivity index (χ0n) is 12.7. The van der Waals surface area contributed by atoms with E-state index in [-0.39, 0.29) is 0 Å². The van der Waals surface area contributed by atoms with E-state index in [0.717, 1.165) is 0 Å². The van der Waals surface area contributed by atoms with Crippen LogP contribution < -0.4 is 0 Å². The fourth-order valence-corrected chi connectivity index (χ4v) is 2.60. The molecule has 0 aromatic carbocycles. The van der Waals surface area contributed by atoms with Gasteiger partial charge < -0.3 is 9.80 Å². The molecular weight excluding hydrogens is 220 g/mol. The van der Waals surface area contributed by atoms with Crippen LogP contribution in [0.3, 0.4) is 0 Å². The van der Waals surface area contributed by atoms with Gasteiger partial charge in [-0.1, -0.05) is 46.5 Å². The molecule has 0 atom stereocenters. The zero-order chi connectivity index (χ0) is 13.2. The van der Waals surface area contributed by atoms with E-state index in [1.807, 2.05) is 0 Å². The number of unbranched alkanes of at least 4 members (excludes halogenated alkanes) is 4. The van der Waals surface area contributed by atoms with E-state index < -0.39 is 0 Å². The second-order valence-electron chi connectivity index (χ2n) is 5.46. The summed E-state index contributed by atoms with van der Waals surface area (Å²) in [5.74, 6) is 0. The van der Waals surface area contributed by atoms with E-state index in [2.05, 4.69) is 43.0 Å². The molecule has 0 aromatic heterocycles. The highest BCUT2D eigenvalue weighted by atomic mass is 15.4. The molecule has 0 saturated heterocycles. The van der Waals surface area contributed by atoms with Crippen molar-refractivity contribution in [3.05, 3.63) is 12.4 Å². The molecular formula is C16H32N2. The van der Waals surface area contributed by atoms with Crippen molar-refractivity contribution in [2.45, 2.75) is 78.3 Å². The molecule has 0 fully saturated rings. The lowest BCUT2D eigenvalue weighted by molar-refractivity contribution is 0.137. The molecule has 0 spiro atoms. The average Bonchev–Trinajstić information content (AvgIpc) is 2.77. The highest BCUT2D eigenvalue weighted by Gasteiger charge is 2.24. The van der Waals surface area contributed by atoms with Crippen molar-refractivity contribution in [1.29, 1.82) is 0 Å². The normalized spacial score (nSPS) is 15.9. The monoisotopic (exact) mass is 252 g/mol. The Balaban J connectivity index is 2.43. The lowest BCUT2D eigenvalue weighted by Crippen LogP contribution is -2.39. The molecule has 0 saturated carbocycles. The van der Waals surface area contributed by atoms with Gasteiger partial charge in [-0.2, -0.15) is 0 Å². The van der Waals surface area contributed by atoms with Crippen molar-refractivity contribution in [3.63, 3.8) is 0 Å². The van der Waals surface area contributed by atoms with Crippen LogP contribution in [-0.2, 0) is 0 Å². The molecule has 0 N–H and O–H groups in total. The Morgan fingerprint density at radius 1 is 0.722 bits per heavy atom. The predicted octanol–water partition coefficient (Wildman–Crippen LogP) is 4.58. The highest BCUT2D eigenvalue weighted by Crippen LogP contribution is 2.22. The van der Waals surface area contributed by atoms with Gasteiger partial charge >= 0.3 is 0 Å². The second-order valence-corrected chi connectivity index (χ2v) is 5.46. The average molecular weight is 252 g/mol. The van der Waals surface area contributed by atoms with Crippen LogP contribution in [0, 0.1) is 0 Å². The Morgan fingerprint density at radius 2 is 1.22 bits per heavy atom. The largest absolute Gasteiger partial charge is 0.356 e. The lowest BCUT2D eigenvalue weighted by Gasteiger charge is -2.33. The number of hydrogen-bond donors (Lipinski definition) is 0. The minimum Gasteiger partial charge on any atom is -0.356 e. The summed E-state index contributed by atoms with van der Waals surface area (Å²) in [7, 11) is 0. The standard InChI is InChI=1S/C16H32N2/c1-4-7-10-11-16-17(12-8-5-2)14-15-18(16)13-9-6-3/h14-16H,4-13H2,1-3H3. The van der Waals surface area contributed by atoms with Crippen molar-refractivity contribution in [1.82, 2.24) is 9.80 Å². The van der Waals surface area contributed by atoms with Crippen LogP contribution >= 0.6 is 0 Å². The minimum absolute atomic E-state index is 0.648. The molecule has 106 valence electrons. The van der Waals surface area contributed by atoms with Gasteiger partial charge in [0.1, 0.15) is 6.17 Å². The Labute approximate surface area is 114 Å². The SMILES string of the molecule is CCCCCC1N(CCCC)C=CN1CCCC. The third-order valence-electron chi connectivity index (χ3n) is 3.82. The number of rotatable bonds is 10. The predicted molar refractivity (Wildman–Crippen MR) is 80.3 cm³/mol. The first-order valence-electron chi connectivity index (χ1n) is 8.03. The summed E-state index contributed by atoms with van der Waals surface area (Å²) in [6.45, 7) is 9.30. The molecule has 1 aliphatic heterocycles. The van der Waals surface area contributed by atoms with Gasteiger partial charge in [0.15, 0.2) is 0 Å². The van der Waals surface area contributed by atoms with E-state index in [0.29, 0.717) is 6.17 Å². The van der Waals surface area contributed by atoms with E-state index in [9.17, 15) is 0 Å². The quantitative estimate of drug-likeness (QED) is 0.525. The third-order valence-corrected chi connectivity index (χ3v) is 3.82. The van der Waals surface area contributed by atoms with Crippen LogP contribution in [0.15, 0.2) is 12.4 Å². The first-order valence-corrected chi connectivity index (χ1v) is 8.03. The lowest BCUT2D eigenvalue weighted by atomic mass is 10.1. The molecule has 0 radical (unpaired) electrons. The maximum absolute atomic E-state index is 2.56. The topological polar surface area (TPSA) is 6.48 Å². The summed E-state index contributed by atoms with van der Waals surface area (Å²) in [6.07, 6.45) is 15.9. The Bertz CT molecular complexity index is 207. The molecule has 2 nitrogen and oxygen atoms in total. The summed E-state index contributed by atoms with van der Waals surface area (Å²) >= 11 is 0. The van der Waals surface area contributed by atoms with Gasteiger partial charge in [-0.3, -0.25) is 0 Å².